The molecule has 0 saturated heterocycles. The molecule has 2 aliphatic rings. The highest BCUT2D eigenvalue weighted by atomic mass is 16.5. The topological polar surface area (TPSA) is 75.7 Å². The summed E-state index contributed by atoms with van der Waals surface area (Å²) >= 11 is 0. The lowest BCUT2D eigenvalue weighted by Crippen LogP contribution is -2.53. The highest BCUT2D eigenvalue weighted by Crippen LogP contribution is 2.24. The lowest BCUT2D eigenvalue weighted by molar-refractivity contribution is -0.148. The van der Waals surface area contributed by atoms with Crippen LogP contribution in [0, 0.1) is 0 Å². The SMILES string of the molecule is CCOC(=O)CC(=O)N(C(=O)NC1CCCCC1)C1CCCCC1. The van der Waals surface area contributed by atoms with Crippen molar-refractivity contribution >= 4 is 17.9 Å². The van der Waals surface area contributed by atoms with Crippen LogP contribution in [0.3, 0.4) is 0 Å². The second-order valence-corrected chi connectivity index (χ2v) is 6.82. The Bertz CT molecular complexity index is 440. The number of ether oxygens (including phenoxy) is 1. The van der Waals surface area contributed by atoms with Gasteiger partial charge < -0.3 is 10.1 Å². The van der Waals surface area contributed by atoms with Gasteiger partial charge in [0, 0.05) is 12.1 Å². The molecule has 6 nitrogen and oxygen atoms in total. The first-order valence-corrected chi connectivity index (χ1v) is 9.40. The molecule has 2 rings (SSSR count). The predicted octanol–water partition coefficient (Wildman–Crippen LogP) is 3.14. The summed E-state index contributed by atoms with van der Waals surface area (Å²) in [6.07, 6.45) is 9.85. The van der Waals surface area contributed by atoms with Crippen molar-refractivity contribution in [1.82, 2.24) is 10.2 Å². The van der Waals surface area contributed by atoms with Crippen LogP contribution in [0.25, 0.3) is 0 Å². The zero-order valence-corrected chi connectivity index (χ0v) is 14.7. The van der Waals surface area contributed by atoms with Crippen molar-refractivity contribution in [3.05, 3.63) is 0 Å². The van der Waals surface area contributed by atoms with E-state index in [2.05, 4.69) is 5.32 Å². The summed E-state index contributed by atoms with van der Waals surface area (Å²) in [6.45, 7) is 1.95. The fraction of sp³-hybridized carbons (Fsp3) is 0.833. The van der Waals surface area contributed by atoms with Crippen molar-refractivity contribution in [2.75, 3.05) is 6.61 Å². The highest BCUT2D eigenvalue weighted by molar-refractivity contribution is 6.02. The first-order chi connectivity index (χ1) is 11.6. The number of carbonyl (C=O) groups excluding carboxylic acids is 3. The van der Waals surface area contributed by atoms with Gasteiger partial charge in [-0.2, -0.15) is 0 Å². The average Bonchev–Trinajstić information content (AvgIpc) is 2.57. The minimum absolute atomic E-state index is 0.0933. The van der Waals surface area contributed by atoms with Crippen LogP contribution in [0.15, 0.2) is 0 Å². The molecule has 0 radical (unpaired) electrons. The van der Waals surface area contributed by atoms with Crippen LogP contribution in [-0.2, 0) is 14.3 Å². The molecule has 6 heteroatoms. The Morgan fingerprint density at radius 2 is 1.54 bits per heavy atom. The molecule has 0 aromatic carbocycles. The van der Waals surface area contributed by atoms with Crippen molar-refractivity contribution in [2.24, 2.45) is 0 Å². The minimum Gasteiger partial charge on any atom is -0.466 e. The number of esters is 1. The number of hydrogen-bond acceptors (Lipinski definition) is 4. The minimum atomic E-state index is -0.561. The zero-order chi connectivity index (χ0) is 17.4. The van der Waals surface area contributed by atoms with Crippen molar-refractivity contribution in [3.8, 4) is 0 Å². The van der Waals surface area contributed by atoms with E-state index in [0.29, 0.717) is 0 Å². The number of imide groups is 1. The molecule has 0 spiro atoms. The van der Waals surface area contributed by atoms with Gasteiger partial charge >= 0.3 is 12.0 Å². The fourth-order valence-corrected chi connectivity index (χ4v) is 3.73. The summed E-state index contributed by atoms with van der Waals surface area (Å²) in [6, 6.07) is -0.278. The maximum Gasteiger partial charge on any atom is 0.324 e. The van der Waals surface area contributed by atoms with E-state index in [1.807, 2.05) is 0 Å². The third-order valence-electron chi connectivity index (χ3n) is 4.96. The van der Waals surface area contributed by atoms with E-state index in [1.54, 1.807) is 6.92 Å². The van der Waals surface area contributed by atoms with E-state index in [-0.39, 0.29) is 31.1 Å². The van der Waals surface area contributed by atoms with Crippen molar-refractivity contribution < 1.29 is 19.1 Å². The van der Waals surface area contributed by atoms with Gasteiger partial charge in [0.1, 0.15) is 6.42 Å². The Balaban J connectivity index is 2.01. The average molecular weight is 338 g/mol. The molecule has 2 fully saturated rings. The number of carbonyl (C=O) groups is 3. The fourth-order valence-electron chi connectivity index (χ4n) is 3.73. The highest BCUT2D eigenvalue weighted by Gasteiger charge is 2.33. The van der Waals surface area contributed by atoms with Crippen LogP contribution in [0.5, 0.6) is 0 Å². The molecule has 24 heavy (non-hydrogen) atoms. The van der Waals surface area contributed by atoms with Gasteiger partial charge in [0.05, 0.1) is 6.61 Å². The number of urea groups is 1. The van der Waals surface area contributed by atoms with E-state index in [1.165, 1.54) is 11.3 Å². The van der Waals surface area contributed by atoms with Gasteiger partial charge in [-0.3, -0.25) is 14.5 Å². The third-order valence-corrected chi connectivity index (χ3v) is 4.96. The van der Waals surface area contributed by atoms with E-state index in [9.17, 15) is 14.4 Å². The second-order valence-electron chi connectivity index (χ2n) is 6.82. The maximum absolute atomic E-state index is 12.7. The number of amides is 3. The van der Waals surface area contributed by atoms with Gasteiger partial charge in [-0.1, -0.05) is 38.5 Å². The monoisotopic (exact) mass is 338 g/mol. The number of nitrogens with zero attached hydrogens (tertiary/aromatic N) is 1. The molecule has 0 bridgehead atoms. The van der Waals surface area contributed by atoms with Crippen LogP contribution in [-0.4, -0.2) is 41.5 Å². The van der Waals surface area contributed by atoms with Gasteiger partial charge in [0.2, 0.25) is 5.91 Å². The standard InChI is InChI=1S/C18H30N2O4/c1-2-24-17(22)13-16(21)20(15-11-7-4-8-12-15)18(23)19-14-9-5-3-6-10-14/h14-15H,2-13H2,1H3,(H,19,23). The molecule has 0 aromatic rings. The second kappa shape index (κ2) is 9.64. The van der Waals surface area contributed by atoms with Crippen molar-refractivity contribution in [2.45, 2.75) is 89.6 Å². The molecule has 0 aliphatic heterocycles. The number of rotatable bonds is 5. The lowest BCUT2D eigenvalue weighted by Gasteiger charge is -2.34. The first kappa shape index (κ1) is 18.7. The maximum atomic E-state index is 12.7. The molecular formula is C18H30N2O4. The van der Waals surface area contributed by atoms with Gasteiger partial charge in [0.15, 0.2) is 0 Å². The molecule has 1 N–H and O–H groups in total. The molecule has 3 amide bonds. The molecule has 0 aromatic heterocycles. The number of hydrogen-bond donors (Lipinski definition) is 1. The quantitative estimate of drug-likeness (QED) is 0.617. The summed E-state index contributed by atoms with van der Waals surface area (Å²) in [5.74, 6) is -0.998. The summed E-state index contributed by atoms with van der Waals surface area (Å²) in [5, 5.41) is 3.02. The van der Waals surface area contributed by atoms with Crippen molar-refractivity contribution in [1.29, 1.82) is 0 Å². The van der Waals surface area contributed by atoms with Gasteiger partial charge in [-0.05, 0) is 32.6 Å². The summed E-state index contributed by atoms with van der Waals surface area (Å²) in [7, 11) is 0. The lowest BCUT2D eigenvalue weighted by atomic mass is 9.93. The first-order valence-electron chi connectivity index (χ1n) is 9.40. The van der Waals surface area contributed by atoms with E-state index in [4.69, 9.17) is 4.74 Å². The Hall–Kier alpha value is -1.59. The number of nitrogens with one attached hydrogen (secondary N) is 1. The van der Waals surface area contributed by atoms with Gasteiger partial charge in [-0.15, -0.1) is 0 Å². The molecule has 0 atom stereocenters. The van der Waals surface area contributed by atoms with E-state index in [0.717, 1.165) is 57.8 Å². The van der Waals surface area contributed by atoms with E-state index >= 15 is 0 Å². The smallest absolute Gasteiger partial charge is 0.324 e. The Morgan fingerprint density at radius 1 is 0.958 bits per heavy atom. The molecule has 2 saturated carbocycles. The third kappa shape index (κ3) is 5.49. The van der Waals surface area contributed by atoms with Crippen LogP contribution in [0.1, 0.15) is 77.6 Å². The van der Waals surface area contributed by atoms with Crippen molar-refractivity contribution in [3.63, 3.8) is 0 Å². The summed E-state index contributed by atoms with van der Waals surface area (Å²) < 4.78 is 4.86. The zero-order valence-electron chi connectivity index (χ0n) is 14.7. The van der Waals surface area contributed by atoms with Crippen LogP contribution in [0.4, 0.5) is 4.79 Å². The Labute approximate surface area is 144 Å². The summed E-state index contributed by atoms with van der Waals surface area (Å²) in [5.41, 5.74) is 0. The van der Waals surface area contributed by atoms with E-state index < -0.39 is 11.9 Å². The summed E-state index contributed by atoms with van der Waals surface area (Å²) in [4.78, 5) is 38.3. The van der Waals surface area contributed by atoms with Gasteiger partial charge in [-0.25, -0.2) is 4.79 Å². The largest absolute Gasteiger partial charge is 0.466 e. The molecule has 0 unspecified atom stereocenters. The molecule has 2 aliphatic carbocycles. The van der Waals surface area contributed by atoms with Crippen LogP contribution < -0.4 is 5.32 Å². The van der Waals surface area contributed by atoms with Crippen LogP contribution >= 0.6 is 0 Å². The van der Waals surface area contributed by atoms with Crippen LogP contribution in [0.2, 0.25) is 0 Å². The molecule has 0 heterocycles. The molecule has 136 valence electrons. The predicted molar refractivity (Wildman–Crippen MR) is 90.4 cm³/mol. The normalized spacial score (nSPS) is 19.5. The Kier molecular flexibility index (Phi) is 7.53. The molecular weight excluding hydrogens is 308 g/mol. The van der Waals surface area contributed by atoms with Gasteiger partial charge in [0.25, 0.3) is 0 Å². The Morgan fingerprint density at radius 3 is 2.12 bits per heavy atom.